The van der Waals surface area contributed by atoms with Gasteiger partial charge in [-0.15, -0.1) is 0 Å². The van der Waals surface area contributed by atoms with Gasteiger partial charge in [-0.05, 0) is 41.8 Å². The summed E-state index contributed by atoms with van der Waals surface area (Å²) in [5, 5.41) is 2.91. The standard InChI is InChI=1S/C22H22N2O3/c1-16-8-9-19(13-20(16)26-2)22(25)24-14-18-10-11-23-21(12-18)27-15-17-6-4-3-5-7-17/h3-13H,14-15H2,1-2H3,(H,24,25). The Balaban J connectivity index is 1.58. The monoisotopic (exact) mass is 362 g/mol. The van der Waals surface area contributed by atoms with Gasteiger partial charge in [0, 0.05) is 24.4 Å². The highest BCUT2D eigenvalue weighted by molar-refractivity contribution is 5.94. The molecule has 1 N–H and O–H groups in total. The van der Waals surface area contributed by atoms with Gasteiger partial charge in [-0.3, -0.25) is 4.79 Å². The Morgan fingerprint density at radius 3 is 2.63 bits per heavy atom. The van der Waals surface area contributed by atoms with Crippen molar-refractivity contribution >= 4 is 5.91 Å². The summed E-state index contributed by atoms with van der Waals surface area (Å²) in [6, 6.07) is 19.0. The van der Waals surface area contributed by atoms with Crippen molar-refractivity contribution in [2.75, 3.05) is 7.11 Å². The van der Waals surface area contributed by atoms with Gasteiger partial charge in [0.15, 0.2) is 0 Å². The summed E-state index contributed by atoms with van der Waals surface area (Å²) in [6.45, 7) is 2.78. The second-order valence-electron chi connectivity index (χ2n) is 6.14. The van der Waals surface area contributed by atoms with Crippen molar-refractivity contribution in [2.24, 2.45) is 0 Å². The van der Waals surface area contributed by atoms with E-state index >= 15 is 0 Å². The molecule has 1 aromatic heterocycles. The van der Waals surface area contributed by atoms with Gasteiger partial charge >= 0.3 is 0 Å². The number of hydrogen-bond donors (Lipinski definition) is 1. The number of aryl methyl sites for hydroxylation is 1. The highest BCUT2D eigenvalue weighted by Gasteiger charge is 2.09. The third-order valence-electron chi connectivity index (χ3n) is 4.15. The minimum Gasteiger partial charge on any atom is -0.496 e. The average Bonchev–Trinajstić information content (AvgIpc) is 2.72. The zero-order valence-corrected chi connectivity index (χ0v) is 15.4. The Morgan fingerprint density at radius 1 is 1.04 bits per heavy atom. The Hall–Kier alpha value is -3.34. The molecule has 0 saturated heterocycles. The van der Waals surface area contributed by atoms with Gasteiger partial charge in [-0.2, -0.15) is 0 Å². The molecule has 0 aliphatic heterocycles. The molecule has 0 aliphatic carbocycles. The van der Waals surface area contributed by atoms with Crippen molar-refractivity contribution in [1.29, 1.82) is 0 Å². The first-order chi connectivity index (χ1) is 13.2. The average molecular weight is 362 g/mol. The first-order valence-electron chi connectivity index (χ1n) is 8.70. The van der Waals surface area contributed by atoms with Gasteiger partial charge in [-0.25, -0.2) is 4.98 Å². The number of benzene rings is 2. The van der Waals surface area contributed by atoms with Crippen LogP contribution in [0.4, 0.5) is 0 Å². The maximum atomic E-state index is 12.4. The first-order valence-corrected chi connectivity index (χ1v) is 8.70. The molecule has 138 valence electrons. The number of hydrogen-bond acceptors (Lipinski definition) is 4. The zero-order valence-electron chi connectivity index (χ0n) is 15.4. The van der Waals surface area contributed by atoms with Crippen molar-refractivity contribution in [3.63, 3.8) is 0 Å². The number of carbonyl (C=O) groups is 1. The number of aromatic nitrogens is 1. The van der Waals surface area contributed by atoms with Gasteiger partial charge in [0.1, 0.15) is 12.4 Å². The van der Waals surface area contributed by atoms with Gasteiger partial charge in [-0.1, -0.05) is 36.4 Å². The first kappa shape index (κ1) is 18.5. The van der Waals surface area contributed by atoms with Gasteiger partial charge in [0.05, 0.1) is 7.11 Å². The zero-order chi connectivity index (χ0) is 19.1. The van der Waals surface area contributed by atoms with Crippen molar-refractivity contribution in [3.8, 4) is 11.6 Å². The van der Waals surface area contributed by atoms with Crippen LogP contribution in [-0.4, -0.2) is 18.0 Å². The number of nitrogens with one attached hydrogen (secondary N) is 1. The lowest BCUT2D eigenvalue weighted by Gasteiger charge is -2.10. The molecule has 0 spiro atoms. The minimum absolute atomic E-state index is 0.156. The van der Waals surface area contributed by atoms with E-state index in [0.717, 1.165) is 16.7 Å². The molecule has 27 heavy (non-hydrogen) atoms. The van der Waals surface area contributed by atoms with Crippen LogP contribution in [0, 0.1) is 6.92 Å². The SMILES string of the molecule is COc1cc(C(=O)NCc2ccnc(OCc3ccccc3)c2)ccc1C. The molecule has 2 aromatic carbocycles. The molecule has 1 heterocycles. The summed E-state index contributed by atoms with van der Waals surface area (Å²) in [7, 11) is 1.60. The summed E-state index contributed by atoms with van der Waals surface area (Å²) in [4.78, 5) is 16.6. The van der Waals surface area contributed by atoms with Crippen molar-refractivity contribution in [1.82, 2.24) is 10.3 Å². The van der Waals surface area contributed by atoms with Crippen LogP contribution in [0.25, 0.3) is 0 Å². The van der Waals surface area contributed by atoms with Gasteiger partial charge < -0.3 is 14.8 Å². The number of ether oxygens (including phenoxy) is 2. The number of amides is 1. The molecule has 3 aromatic rings. The molecule has 0 bridgehead atoms. The van der Waals surface area contributed by atoms with Crippen molar-refractivity contribution in [3.05, 3.63) is 89.1 Å². The third-order valence-corrected chi connectivity index (χ3v) is 4.15. The van der Waals surface area contributed by atoms with E-state index in [9.17, 15) is 4.79 Å². The highest BCUT2D eigenvalue weighted by atomic mass is 16.5. The number of carbonyl (C=O) groups excluding carboxylic acids is 1. The predicted molar refractivity (Wildman–Crippen MR) is 104 cm³/mol. The largest absolute Gasteiger partial charge is 0.496 e. The highest BCUT2D eigenvalue weighted by Crippen LogP contribution is 2.19. The van der Waals surface area contributed by atoms with E-state index in [2.05, 4.69) is 10.3 Å². The van der Waals surface area contributed by atoms with Crippen molar-refractivity contribution < 1.29 is 14.3 Å². The maximum Gasteiger partial charge on any atom is 0.251 e. The quantitative estimate of drug-likeness (QED) is 0.692. The van der Waals surface area contributed by atoms with Crippen LogP contribution in [0.5, 0.6) is 11.6 Å². The summed E-state index contributed by atoms with van der Waals surface area (Å²) in [5.41, 5.74) is 3.54. The van der Waals surface area contributed by atoms with Crippen LogP contribution in [-0.2, 0) is 13.2 Å². The van der Waals surface area contributed by atoms with E-state index in [0.29, 0.717) is 30.3 Å². The van der Waals surface area contributed by atoms with Crippen LogP contribution < -0.4 is 14.8 Å². The summed E-state index contributed by atoms with van der Waals surface area (Å²) >= 11 is 0. The molecule has 5 nitrogen and oxygen atoms in total. The molecule has 3 rings (SSSR count). The lowest BCUT2D eigenvalue weighted by atomic mass is 10.1. The van der Waals surface area contributed by atoms with Gasteiger partial charge in [0.2, 0.25) is 5.88 Å². The molecular weight excluding hydrogens is 340 g/mol. The summed E-state index contributed by atoms with van der Waals surface area (Å²) < 4.78 is 11.0. The predicted octanol–water partition coefficient (Wildman–Crippen LogP) is 3.91. The number of methoxy groups -OCH3 is 1. The maximum absolute atomic E-state index is 12.4. The third kappa shape index (κ3) is 5.07. The molecule has 0 aliphatic rings. The topological polar surface area (TPSA) is 60.5 Å². The van der Waals surface area contributed by atoms with Crippen molar-refractivity contribution in [2.45, 2.75) is 20.1 Å². The Kier molecular flexibility index (Phi) is 6.05. The Morgan fingerprint density at radius 2 is 1.85 bits per heavy atom. The molecule has 0 atom stereocenters. The Labute approximate surface area is 159 Å². The molecular formula is C22H22N2O3. The summed E-state index contributed by atoms with van der Waals surface area (Å²) in [6.07, 6.45) is 1.68. The lowest BCUT2D eigenvalue weighted by molar-refractivity contribution is 0.0950. The molecule has 5 heteroatoms. The van der Waals surface area contributed by atoms with E-state index in [1.54, 1.807) is 25.4 Å². The minimum atomic E-state index is -0.156. The second-order valence-corrected chi connectivity index (χ2v) is 6.14. The fraction of sp³-hybridized carbons (Fsp3) is 0.182. The molecule has 0 fully saturated rings. The van der Waals surface area contributed by atoms with E-state index in [4.69, 9.17) is 9.47 Å². The molecule has 0 unspecified atom stereocenters. The van der Waals surface area contributed by atoms with Crippen LogP contribution in [0.15, 0.2) is 66.9 Å². The number of nitrogens with zero attached hydrogens (tertiary/aromatic N) is 1. The fourth-order valence-electron chi connectivity index (χ4n) is 2.62. The van der Waals surface area contributed by atoms with Crippen LogP contribution in [0.1, 0.15) is 27.0 Å². The molecule has 0 saturated carbocycles. The van der Waals surface area contributed by atoms with E-state index in [-0.39, 0.29) is 5.91 Å². The van der Waals surface area contributed by atoms with Crippen LogP contribution in [0.2, 0.25) is 0 Å². The van der Waals surface area contributed by atoms with E-state index < -0.39 is 0 Å². The normalized spacial score (nSPS) is 10.3. The molecule has 0 radical (unpaired) electrons. The van der Waals surface area contributed by atoms with Gasteiger partial charge in [0.25, 0.3) is 5.91 Å². The van der Waals surface area contributed by atoms with Crippen LogP contribution in [0.3, 0.4) is 0 Å². The fourth-order valence-corrected chi connectivity index (χ4v) is 2.62. The van der Waals surface area contributed by atoms with E-state index in [1.165, 1.54) is 0 Å². The second kappa shape index (κ2) is 8.85. The lowest BCUT2D eigenvalue weighted by Crippen LogP contribution is -2.22. The smallest absolute Gasteiger partial charge is 0.251 e. The number of rotatable bonds is 7. The summed E-state index contributed by atoms with van der Waals surface area (Å²) in [5.74, 6) is 1.07. The van der Waals surface area contributed by atoms with Crippen LogP contribution >= 0.6 is 0 Å². The molecule has 1 amide bonds. The number of pyridine rings is 1. The Bertz CT molecular complexity index is 910. The van der Waals surface area contributed by atoms with E-state index in [1.807, 2.05) is 55.5 Å².